The van der Waals surface area contributed by atoms with Crippen LogP contribution in [0.5, 0.6) is 0 Å². The summed E-state index contributed by atoms with van der Waals surface area (Å²) in [6.45, 7) is 4.63. The normalized spacial score (nSPS) is 10.7. The van der Waals surface area contributed by atoms with Crippen molar-refractivity contribution in [1.29, 1.82) is 0 Å². The largest absolute Gasteiger partial charge is 0.355 e. The van der Waals surface area contributed by atoms with E-state index in [4.69, 9.17) is 0 Å². The predicted octanol–water partition coefficient (Wildman–Crippen LogP) is 2.91. The van der Waals surface area contributed by atoms with Gasteiger partial charge in [-0.05, 0) is 25.0 Å². The van der Waals surface area contributed by atoms with Crippen LogP contribution in [0, 0.1) is 13.8 Å². The predicted molar refractivity (Wildman–Crippen MR) is 102 cm³/mol. The molecule has 0 bridgehead atoms. The van der Waals surface area contributed by atoms with Gasteiger partial charge < -0.3 is 5.32 Å². The molecule has 1 amide bonds. The van der Waals surface area contributed by atoms with Crippen LogP contribution in [0.25, 0.3) is 0 Å². The van der Waals surface area contributed by atoms with Crippen molar-refractivity contribution >= 4 is 5.91 Å². The van der Waals surface area contributed by atoms with E-state index in [1.54, 1.807) is 0 Å². The first kappa shape index (κ1) is 17.9. The van der Waals surface area contributed by atoms with Crippen molar-refractivity contribution in [3.8, 4) is 0 Å². The summed E-state index contributed by atoms with van der Waals surface area (Å²) in [5.41, 5.74) is 4.64. The lowest BCUT2D eigenvalue weighted by molar-refractivity contribution is -0.120. The highest BCUT2D eigenvalue weighted by molar-refractivity contribution is 5.78. The maximum absolute atomic E-state index is 12.0. The Balaban J connectivity index is 1.44. The van der Waals surface area contributed by atoms with Crippen molar-refractivity contribution in [2.45, 2.75) is 33.1 Å². The molecule has 0 aliphatic carbocycles. The minimum atomic E-state index is 0.0195. The van der Waals surface area contributed by atoms with Crippen LogP contribution in [-0.4, -0.2) is 27.6 Å². The van der Waals surface area contributed by atoms with Crippen molar-refractivity contribution < 1.29 is 4.79 Å². The summed E-state index contributed by atoms with van der Waals surface area (Å²) < 4.78 is 0. The summed E-state index contributed by atoms with van der Waals surface area (Å²) in [7, 11) is 0. The van der Waals surface area contributed by atoms with Crippen LogP contribution >= 0.6 is 0 Å². The number of benzene rings is 2. The second-order valence-corrected chi connectivity index (χ2v) is 6.63. The van der Waals surface area contributed by atoms with Crippen LogP contribution < -0.4 is 5.32 Å². The van der Waals surface area contributed by atoms with E-state index < -0.39 is 0 Å². The van der Waals surface area contributed by atoms with Gasteiger partial charge >= 0.3 is 0 Å². The second kappa shape index (κ2) is 8.43. The molecule has 0 radical (unpaired) electrons. The highest BCUT2D eigenvalue weighted by atomic mass is 16.1. The number of hydrogen-bond acceptors (Lipinski definition) is 3. The number of carbonyl (C=O) groups excluding carboxylic acids is 1. The first-order chi connectivity index (χ1) is 12.6. The van der Waals surface area contributed by atoms with Gasteiger partial charge in [0.25, 0.3) is 0 Å². The Labute approximate surface area is 153 Å². The lowest BCUT2D eigenvalue weighted by Crippen LogP contribution is -2.27. The smallest absolute Gasteiger partial charge is 0.224 e. The maximum atomic E-state index is 12.0. The molecule has 2 N–H and O–H groups in total. The van der Waals surface area contributed by atoms with E-state index in [-0.39, 0.29) is 5.91 Å². The highest BCUT2D eigenvalue weighted by Gasteiger charge is 2.07. The molecule has 1 aromatic heterocycles. The Morgan fingerprint density at radius 2 is 1.85 bits per heavy atom. The van der Waals surface area contributed by atoms with E-state index >= 15 is 0 Å². The average molecular weight is 348 g/mol. The fraction of sp³-hybridized carbons (Fsp3) is 0.286. The average Bonchev–Trinajstić information content (AvgIpc) is 3.04. The van der Waals surface area contributed by atoms with Crippen molar-refractivity contribution in [3.05, 3.63) is 82.4 Å². The SMILES string of the molecule is Cc1ccc(Cc2nc(CCNC(=O)Cc3cccc(C)c3)n[nH]2)cc1. The Morgan fingerprint density at radius 3 is 2.62 bits per heavy atom. The van der Waals surface area contributed by atoms with Gasteiger partial charge in [0.15, 0.2) is 5.82 Å². The topological polar surface area (TPSA) is 70.7 Å². The molecule has 3 rings (SSSR count). The molecule has 134 valence electrons. The van der Waals surface area contributed by atoms with Crippen LogP contribution in [0.2, 0.25) is 0 Å². The fourth-order valence-electron chi connectivity index (χ4n) is 2.81. The molecule has 2 aromatic carbocycles. The molecule has 5 nitrogen and oxygen atoms in total. The number of hydrogen-bond donors (Lipinski definition) is 2. The van der Waals surface area contributed by atoms with E-state index in [9.17, 15) is 4.79 Å². The third-order valence-corrected chi connectivity index (χ3v) is 4.19. The fourth-order valence-corrected chi connectivity index (χ4v) is 2.81. The molecule has 0 saturated heterocycles. The number of nitrogens with one attached hydrogen (secondary N) is 2. The number of aryl methyl sites for hydroxylation is 2. The molecule has 0 fully saturated rings. The zero-order valence-corrected chi connectivity index (χ0v) is 15.2. The quantitative estimate of drug-likeness (QED) is 0.690. The molecule has 3 aromatic rings. The van der Waals surface area contributed by atoms with Gasteiger partial charge in [0, 0.05) is 19.4 Å². The highest BCUT2D eigenvalue weighted by Crippen LogP contribution is 2.08. The molecule has 0 unspecified atom stereocenters. The van der Waals surface area contributed by atoms with E-state index in [1.165, 1.54) is 11.1 Å². The Morgan fingerprint density at radius 1 is 1.04 bits per heavy atom. The zero-order valence-electron chi connectivity index (χ0n) is 15.2. The molecule has 26 heavy (non-hydrogen) atoms. The molecule has 0 spiro atoms. The minimum Gasteiger partial charge on any atom is -0.355 e. The third kappa shape index (κ3) is 5.28. The van der Waals surface area contributed by atoms with Gasteiger partial charge in [-0.3, -0.25) is 9.89 Å². The number of amides is 1. The number of rotatable bonds is 7. The lowest BCUT2D eigenvalue weighted by Gasteiger charge is -2.04. The summed E-state index contributed by atoms with van der Waals surface area (Å²) in [6, 6.07) is 16.4. The minimum absolute atomic E-state index is 0.0195. The second-order valence-electron chi connectivity index (χ2n) is 6.63. The number of aromatic nitrogens is 3. The number of aromatic amines is 1. The van der Waals surface area contributed by atoms with E-state index in [2.05, 4.69) is 51.7 Å². The van der Waals surface area contributed by atoms with Gasteiger partial charge in [0.2, 0.25) is 5.91 Å². The third-order valence-electron chi connectivity index (χ3n) is 4.19. The summed E-state index contributed by atoms with van der Waals surface area (Å²) in [4.78, 5) is 16.5. The van der Waals surface area contributed by atoms with Gasteiger partial charge in [-0.15, -0.1) is 0 Å². The molecular formula is C21H24N4O. The van der Waals surface area contributed by atoms with E-state index in [0.717, 1.165) is 29.2 Å². The summed E-state index contributed by atoms with van der Waals surface area (Å²) >= 11 is 0. The van der Waals surface area contributed by atoms with Crippen LogP contribution in [0.15, 0.2) is 48.5 Å². The first-order valence-electron chi connectivity index (χ1n) is 8.86. The van der Waals surface area contributed by atoms with E-state index in [1.807, 2.05) is 31.2 Å². The number of nitrogens with zero attached hydrogens (tertiary/aromatic N) is 2. The molecule has 1 heterocycles. The van der Waals surface area contributed by atoms with E-state index in [0.29, 0.717) is 19.4 Å². The number of carbonyl (C=O) groups is 1. The van der Waals surface area contributed by atoms with Crippen molar-refractivity contribution in [3.63, 3.8) is 0 Å². The Hall–Kier alpha value is -2.95. The standard InChI is InChI=1S/C21H24N4O/c1-15-6-8-17(9-7-15)13-20-23-19(24-25-20)10-11-22-21(26)14-18-5-3-4-16(2)12-18/h3-9,12H,10-11,13-14H2,1-2H3,(H,22,26)(H,23,24,25). The molecule has 0 saturated carbocycles. The van der Waals surface area contributed by atoms with Crippen molar-refractivity contribution in [2.24, 2.45) is 0 Å². The summed E-state index contributed by atoms with van der Waals surface area (Å²) in [5, 5.41) is 10.1. The van der Waals surface area contributed by atoms with Gasteiger partial charge in [-0.2, -0.15) is 5.10 Å². The van der Waals surface area contributed by atoms with Gasteiger partial charge in [-0.1, -0.05) is 59.7 Å². The van der Waals surface area contributed by atoms with Gasteiger partial charge in [-0.25, -0.2) is 4.98 Å². The molecule has 0 aliphatic rings. The summed E-state index contributed by atoms with van der Waals surface area (Å²) in [5.74, 6) is 1.59. The van der Waals surface area contributed by atoms with Crippen LogP contribution in [0.3, 0.4) is 0 Å². The molecular weight excluding hydrogens is 324 g/mol. The molecule has 5 heteroatoms. The zero-order chi connectivity index (χ0) is 18.4. The van der Waals surface area contributed by atoms with Crippen molar-refractivity contribution in [1.82, 2.24) is 20.5 Å². The maximum Gasteiger partial charge on any atom is 0.224 e. The number of H-pyrrole nitrogens is 1. The van der Waals surface area contributed by atoms with Gasteiger partial charge in [0.1, 0.15) is 5.82 Å². The van der Waals surface area contributed by atoms with Crippen LogP contribution in [-0.2, 0) is 24.1 Å². The van der Waals surface area contributed by atoms with Crippen LogP contribution in [0.1, 0.15) is 33.9 Å². The molecule has 0 aliphatic heterocycles. The Kier molecular flexibility index (Phi) is 5.79. The molecule has 0 atom stereocenters. The van der Waals surface area contributed by atoms with Crippen LogP contribution in [0.4, 0.5) is 0 Å². The monoisotopic (exact) mass is 348 g/mol. The van der Waals surface area contributed by atoms with Crippen molar-refractivity contribution in [2.75, 3.05) is 6.54 Å². The Bertz CT molecular complexity index is 868. The van der Waals surface area contributed by atoms with Gasteiger partial charge in [0.05, 0.1) is 6.42 Å². The summed E-state index contributed by atoms with van der Waals surface area (Å²) in [6.07, 6.45) is 1.74. The first-order valence-corrected chi connectivity index (χ1v) is 8.86. The lowest BCUT2D eigenvalue weighted by atomic mass is 10.1.